The number of aromatic nitrogens is 3. The summed E-state index contributed by atoms with van der Waals surface area (Å²) in [6.07, 6.45) is 0. The van der Waals surface area contributed by atoms with Gasteiger partial charge in [0.25, 0.3) is 0 Å². The molecule has 0 unspecified atom stereocenters. The van der Waals surface area contributed by atoms with E-state index in [2.05, 4.69) is 178 Å². The average molecular weight is 756 g/mol. The molecule has 0 bridgehead atoms. The van der Waals surface area contributed by atoms with Crippen molar-refractivity contribution in [3.63, 3.8) is 0 Å². The fraction of sp³-hybridized carbons (Fsp3) is 0.0727. The Morgan fingerprint density at radius 1 is 0.356 bits per heavy atom. The van der Waals surface area contributed by atoms with Gasteiger partial charge in [-0.25, -0.2) is 15.0 Å². The summed E-state index contributed by atoms with van der Waals surface area (Å²) in [6.45, 7) is 4.65. The molecule has 0 saturated heterocycles. The number of para-hydroxylation sites is 1. The normalized spacial score (nSPS) is 14.3. The highest BCUT2D eigenvalue weighted by atomic mass is 16.5. The van der Waals surface area contributed by atoms with Gasteiger partial charge in [-0.3, -0.25) is 0 Å². The first-order valence-electron chi connectivity index (χ1n) is 20.3. The van der Waals surface area contributed by atoms with Gasteiger partial charge in [0.05, 0.1) is 5.41 Å². The Labute approximate surface area is 343 Å². The van der Waals surface area contributed by atoms with Crippen molar-refractivity contribution in [2.24, 2.45) is 0 Å². The quantitative estimate of drug-likeness (QED) is 0.179. The summed E-state index contributed by atoms with van der Waals surface area (Å²) in [7, 11) is 0. The second kappa shape index (κ2) is 12.5. The molecule has 0 radical (unpaired) electrons. The predicted molar refractivity (Wildman–Crippen MR) is 237 cm³/mol. The van der Waals surface area contributed by atoms with Crippen LogP contribution in [-0.4, -0.2) is 15.0 Å². The molecule has 0 fully saturated rings. The van der Waals surface area contributed by atoms with Gasteiger partial charge in [0, 0.05) is 38.8 Å². The number of nitrogens with zero attached hydrogens (tertiary/aromatic N) is 3. The van der Waals surface area contributed by atoms with E-state index in [1.165, 1.54) is 44.5 Å². The molecule has 2 aliphatic carbocycles. The smallest absolute Gasteiger partial charge is 0.164 e. The highest BCUT2D eigenvalue weighted by Gasteiger charge is 2.53. The van der Waals surface area contributed by atoms with E-state index in [1.807, 2.05) is 24.3 Å². The maximum atomic E-state index is 7.19. The van der Waals surface area contributed by atoms with Crippen LogP contribution in [0.2, 0.25) is 0 Å². The topological polar surface area (TPSA) is 47.9 Å². The third-order valence-electron chi connectivity index (χ3n) is 12.8. The minimum atomic E-state index is -0.541. The van der Waals surface area contributed by atoms with Crippen molar-refractivity contribution in [1.29, 1.82) is 0 Å². The van der Waals surface area contributed by atoms with Gasteiger partial charge in [0.2, 0.25) is 0 Å². The lowest BCUT2D eigenvalue weighted by Gasteiger charge is -2.40. The minimum Gasteiger partial charge on any atom is -0.456 e. The molecule has 2 heterocycles. The molecule has 0 atom stereocenters. The summed E-state index contributed by atoms with van der Waals surface area (Å²) in [5.41, 5.74) is 16.5. The largest absolute Gasteiger partial charge is 0.456 e. The molecular weight excluding hydrogens is 719 g/mol. The summed E-state index contributed by atoms with van der Waals surface area (Å²) >= 11 is 0. The van der Waals surface area contributed by atoms with Crippen LogP contribution in [0.5, 0.6) is 11.5 Å². The summed E-state index contributed by atoms with van der Waals surface area (Å²) in [5.74, 6) is 3.69. The molecule has 59 heavy (non-hydrogen) atoms. The van der Waals surface area contributed by atoms with Crippen LogP contribution in [0, 0.1) is 0 Å². The summed E-state index contributed by atoms with van der Waals surface area (Å²) in [4.78, 5) is 15.4. The lowest BCUT2D eigenvalue weighted by molar-refractivity contribution is 0.437. The van der Waals surface area contributed by atoms with Gasteiger partial charge in [0.15, 0.2) is 17.5 Å². The van der Waals surface area contributed by atoms with Gasteiger partial charge in [-0.05, 0) is 62.2 Å². The predicted octanol–water partition coefficient (Wildman–Crippen LogP) is 13.3. The zero-order valence-electron chi connectivity index (χ0n) is 32.6. The SMILES string of the molecule is CC1(C)c2ccc(-c3nc(-c4ccccc4)nc(-c4ccc(-c5ccccc5)cc4)n3)cc2-c2c1ccc1c2Oc2ccccc2C12c1ccccc1-c1ccccc12. The minimum absolute atomic E-state index is 0.267. The fourth-order valence-electron chi connectivity index (χ4n) is 10.1. The fourth-order valence-corrected chi connectivity index (χ4v) is 10.1. The Bertz CT molecular complexity index is 3110. The molecule has 0 amide bonds. The number of fused-ring (bicyclic) bond motifs is 13. The molecule has 0 saturated carbocycles. The monoisotopic (exact) mass is 755 g/mol. The standard InChI is InChI=1S/C55H37N3O/c1-54(2)42-30-29-38(53-57-51(36-17-7-4-8-18-36)56-52(58-53)37-27-25-35(26-28-37)34-15-5-3-6-16-34)33-41(42)49-46(54)31-32-47-50(49)59-48-24-14-13-23-45(48)55(47)43-21-11-9-19-39(43)40-20-10-12-22-44(40)55/h3-33H,1-2H3. The van der Waals surface area contributed by atoms with Crippen molar-refractivity contribution in [3.05, 3.63) is 221 Å². The first-order chi connectivity index (χ1) is 29.0. The average Bonchev–Trinajstić information content (AvgIpc) is 3.72. The van der Waals surface area contributed by atoms with E-state index in [0.717, 1.165) is 50.4 Å². The Morgan fingerprint density at radius 3 is 1.47 bits per heavy atom. The van der Waals surface area contributed by atoms with E-state index in [4.69, 9.17) is 19.7 Å². The number of rotatable bonds is 4. The van der Waals surface area contributed by atoms with E-state index in [1.54, 1.807) is 0 Å². The van der Waals surface area contributed by atoms with Crippen molar-refractivity contribution in [1.82, 2.24) is 15.0 Å². The molecule has 9 aromatic rings. The third kappa shape index (κ3) is 4.80. The highest BCUT2D eigenvalue weighted by Crippen LogP contribution is 2.65. The van der Waals surface area contributed by atoms with Crippen LogP contribution in [0.4, 0.5) is 0 Å². The number of benzene rings is 8. The molecule has 1 spiro atoms. The highest BCUT2D eigenvalue weighted by molar-refractivity contribution is 5.94. The summed E-state index contributed by atoms with van der Waals surface area (Å²) < 4.78 is 7.19. The van der Waals surface area contributed by atoms with Crippen molar-refractivity contribution in [2.75, 3.05) is 0 Å². The molecule has 12 rings (SSSR count). The Hall–Kier alpha value is -7.43. The van der Waals surface area contributed by atoms with Gasteiger partial charge in [-0.1, -0.05) is 190 Å². The van der Waals surface area contributed by atoms with Crippen LogP contribution in [-0.2, 0) is 10.8 Å². The van der Waals surface area contributed by atoms with Crippen molar-refractivity contribution >= 4 is 0 Å². The summed E-state index contributed by atoms with van der Waals surface area (Å²) in [6, 6.07) is 66.9. The zero-order chi connectivity index (χ0) is 39.3. The van der Waals surface area contributed by atoms with Gasteiger partial charge < -0.3 is 4.74 Å². The molecular formula is C55H37N3O. The second-order valence-electron chi connectivity index (χ2n) is 16.3. The van der Waals surface area contributed by atoms with Crippen LogP contribution in [0.1, 0.15) is 47.2 Å². The number of ether oxygens (including phenoxy) is 1. The first-order valence-corrected chi connectivity index (χ1v) is 20.3. The van der Waals surface area contributed by atoms with Crippen LogP contribution in [0.3, 0.4) is 0 Å². The molecule has 4 nitrogen and oxygen atoms in total. The molecule has 0 N–H and O–H groups in total. The Kier molecular flexibility index (Phi) is 7.16. The maximum absolute atomic E-state index is 7.19. The maximum Gasteiger partial charge on any atom is 0.164 e. The Balaban J connectivity index is 1.06. The number of hydrogen-bond donors (Lipinski definition) is 0. The van der Waals surface area contributed by atoms with Gasteiger partial charge in [-0.15, -0.1) is 0 Å². The van der Waals surface area contributed by atoms with E-state index in [0.29, 0.717) is 17.5 Å². The Morgan fingerprint density at radius 2 is 0.814 bits per heavy atom. The number of hydrogen-bond acceptors (Lipinski definition) is 4. The van der Waals surface area contributed by atoms with Crippen LogP contribution in [0.15, 0.2) is 188 Å². The van der Waals surface area contributed by atoms with Crippen LogP contribution < -0.4 is 4.74 Å². The lowest BCUT2D eigenvalue weighted by atomic mass is 9.65. The molecule has 8 aromatic carbocycles. The molecule has 1 aromatic heterocycles. The molecule has 3 aliphatic rings. The van der Waals surface area contributed by atoms with E-state index in [-0.39, 0.29) is 5.41 Å². The van der Waals surface area contributed by atoms with Crippen LogP contribution >= 0.6 is 0 Å². The lowest BCUT2D eigenvalue weighted by Crippen LogP contribution is -2.32. The zero-order valence-corrected chi connectivity index (χ0v) is 32.6. The van der Waals surface area contributed by atoms with E-state index in [9.17, 15) is 0 Å². The first kappa shape index (κ1) is 33.7. The van der Waals surface area contributed by atoms with Crippen molar-refractivity contribution in [3.8, 4) is 79.0 Å². The molecule has 278 valence electrons. The van der Waals surface area contributed by atoms with Crippen molar-refractivity contribution in [2.45, 2.75) is 24.7 Å². The third-order valence-corrected chi connectivity index (χ3v) is 12.8. The van der Waals surface area contributed by atoms with Gasteiger partial charge >= 0.3 is 0 Å². The molecule has 4 heteroatoms. The summed E-state index contributed by atoms with van der Waals surface area (Å²) in [5, 5.41) is 0. The second-order valence-corrected chi connectivity index (χ2v) is 16.3. The van der Waals surface area contributed by atoms with Gasteiger partial charge in [-0.2, -0.15) is 0 Å². The van der Waals surface area contributed by atoms with Crippen molar-refractivity contribution < 1.29 is 4.74 Å². The molecule has 1 aliphatic heterocycles. The van der Waals surface area contributed by atoms with E-state index >= 15 is 0 Å². The van der Waals surface area contributed by atoms with Gasteiger partial charge in [0.1, 0.15) is 11.5 Å². The van der Waals surface area contributed by atoms with Crippen LogP contribution in [0.25, 0.3) is 67.5 Å². The van der Waals surface area contributed by atoms with E-state index < -0.39 is 5.41 Å².